The number of nitrogens with zero attached hydrogens (tertiary/aromatic N) is 1. The Morgan fingerprint density at radius 2 is 2.50 bits per heavy atom. The highest BCUT2D eigenvalue weighted by Crippen LogP contribution is 2.23. The molecule has 0 amide bonds. The van der Waals surface area contributed by atoms with Crippen molar-refractivity contribution in [3.05, 3.63) is 18.2 Å². The van der Waals surface area contributed by atoms with Gasteiger partial charge in [-0.15, -0.1) is 0 Å². The van der Waals surface area contributed by atoms with Crippen LogP contribution < -0.4 is 5.32 Å². The first-order chi connectivity index (χ1) is 6.88. The van der Waals surface area contributed by atoms with E-state index in [4.69, 9.17) is 4.74 Å². The molecule has 0 radical (unpaired) electrons. The number of aromatic amines is 1. The fourth-order valence-electron chi connectivity index (χ4n) is 1.74. The number of rotatable bonds is 5. The highest BCUT2D eigenvalue weighted by atomic mass is 16.5. The topological polar surface area (TPSA) is 49.9 Å². The lowest BCUT2D eigenvalue weighted by molar-refractivity contribution is -0.0103. The van der Waals surface area contributed by atoms with Crippen LogP contribution in [0.4, 0.5) is 0 Å². The molecule has 2 N–H and O–H groups in total. The van der Waals surface area contributed by atoms with Gasteiger partial charge in [-0.25, -0.2) is 4.98 Å². The van der Waals surface area contributed by atoms with Crippen LogP contribution in [0.15, 0.2) is 12.4 Å². The number of imidazole rings is 1. The van der Waals surface area contributed by atoms with Crippen LogP contribution >= 0.6 is 0 Å². The van der Waals surface area contributed by atoms with Crippen molar-refractivity contribution in [3.8, 4) is 0 Å². The van der Waals surface area contributed by atoms with E-state index in [1.165, 1.54) is 0 Å². The van der Waals surface area contributed by atoms with Gasteiger partial charge in [-0.05, 0) is 19.8 Å². The summed E-state index contributed by atoms with van der Waals surface area (Å²) in [6.45, 7) is 3.70. The molecule has 4 nitrogen and oxygen atoms in total. The first-order valence-electron chi connectivity index (χ1n) is 5.21. The van der Waals surface area contributed by atoms with Crippen LogP contribution in [0.3, 0.4) is 0 Å². The number of nitrogens with one attached hydrogen (secondary N) is 2. The maximum Gasteiger partial charge on any atom is 0.120 e. The molecule has 1 heterocycles. The molecule has 1 saturated carbocycles. The average Bonchev–Trinajstić information content (AvgIpc) is 2.61. The largest absolute Gasteiger partial charge is 0.378 e. The maximum absolute atomic E-state index is 5.48. The van der Waals surface area contributed by atoms with Gasteiger partial charge in [0, 0.05) is 25.0 Å². The molecule has 0 spiro atoms. The van der Waals surface area contributed by atoms with Gasteiger partial charge in [0.25, 0.3) is 0 Å². The van der Waals surface area contributed by atoms with E-state index < -0.39 is 0 Å². The molecule has 78 valence electrons. The highest BCUT2D eigenvalue weighted by Gasteiger charge is 2.28. The summed E-state index contributed by atoms with van der Waals surface area (Å²) in [5.74, 6) is 1.00. The molecule has 0 unspecified atom stereocenters. The number of hydrogen-bond acceptors (Lipinski definition) is 3. The van der Waals surface area contributed by atoms with Crippen molar-refractivity contribution in [2.75, 3.05) is 6.61 Å². The van der Waals surface area contributed by atoms with Crippen LogP contribution in [0, 0.1) is 0 Å². The molecule has 4 heteroatoms. The van der Waals surface area contributed by atoms with Crippen LogP contribution in [0.5, 0.6) is 0 Å². The summed E-state index contributed by atoms with van der Waals surface area (Å²) in [4.78, 5) is 7.22. The van der Waals surface area contributed by atoms with Crippen LogP contribution in [0.25, 0.3) is 0 Å². The zero-order chi connectivity index (χ0) is 9.80. The lowest BCUT2D eigenvalue weighted by Gasteiger charge is -2.35. The quantitative estimate of drug-likeness (QED) is 0.738. The molecule has 0 aliphatic heterocycles. The molecule has 14 heavy (non-hydrogen) atoms. The van der Waals surface area contributed by atoms with Crippen molar-refractivity contribution in [2.45, 2.75) is 38.5 Å². The van der Waals surface area contributed by atoms with E-state index in [9.17, 15) is 0 Å². The Hall–Kier alpha value is -0.870. The lowest BCUT2D eigenvalue weighted by Crippen LogP contribution is -2.45. The van der Waals surface area contributed by atoms with Crippen molar-refractivity contribution >= 4 is 0 Å². The molecule has 1 aromatic rings. The molecule has 1 aliphatic carbocycles. The molecular formula is C10H17N3O. The Bertz CT molecular complexity index is 254. The van der Waals surface area contributed by atoms with Gasteiger partial charge in [0.1, 0.15) is 5.82 Å². The summed E-state index contributed by atoms with van der Waals surface area (Å²) in [6, 6.07) is 0.608. The van der Waals surface area contributed by atoms with Gasteiger partial charge < -0.3 is 15.0 Å². The van der Waals surface area contributed by atoms with Gasteiger partial charge in [0.15, 0.2) is 0 Å². The van der Waals surface area contributed by atoms with Gasteiger partial charge >= 0.3 is 0 Å². The second-order valence-corrected chi connectivity index (χ2v) is 3.66. The minimum absolute atomic E-state index is 0.481. The Morgan fingerprint density at radius 3 is 3.14 bits per heavy atom. The number of ether oxygens (including phenoxy) is 1. The van der Waals surface area contributed by atoms with Crippen molar-refractivity contribution in [2.24, 2.45) is 0 Å². The molecule has 1 fully saturated rings. The first-order valence-corrected chi connectivity index (χ1v) is 5.21. The standard InChI is InChI=1S/C10H17N3O/c1-2-14-9-5-8(6-9)13-7-10-11-3-4-12-10/h3-4,8-9,13H,2,5-7H2,1H3,(H,11,12). The molecule has 1 aromatic heterocycles. The number of H-pyrrole nitrogens is 1. The summed E-state index contributed by atoms with van der Waals surface area (Å²) < 4.78 is 5.48. The van der Waals surface area contributed by atoms with Crippen molar-refractivity contribution in [1.82, 2.24) is 15.3 Å². The second-order valence-electron chi connectivity index (χ2n) is 3.66. The second kappa shape index (κ2) is 4.57. The van der Waals surface area contributed by atoms with Gasteiger partial charge in [-0.3, -0.25) is 0 Å². The van der Waals surface area contributed by atoms with Crippen molar-refractivity contribution < 1.29 is 4.74 Å². The van der Waals surface area contributed by atoms with Crippen LogP contribution in [0.1, 0.15) is 25.6 Å². The fraction of sp³-hybridized carbons (Fsp3) is 0.700. The van der Waals surface area contributed by atoms with E-state index in [1.54, 1.807) is 6.20 Å². The van der Waals surface area contributed by atoms with Gasteiger partial charge in [0.05, 0.1) is 12.6 Å². The van der Waals surface area contributed by atoms with E-state index in [0.29, 0.717) is 12.1 Å². The normalized spacial score (nSPS) is 26.1. The monoisotopic (exact) mass is 195 g/mol. The summed E-state index contributed by atoms with van der Waals surface area (Å²) in [7, 11) is 0. The lowest BCUT2D eigenvalue weighted by atomic mass is 9.89. The number of aromatic nitrogens is 2. The third-order valence-corrected chi connectivity index (χ3v) is 2.61. The molecule has 0 atom stereocenters. The smallest absolute Gasteiger partial charge is 0.120 e. The third kappa shape index (κ3) is 2.33. The highest BCUT2D eigenvalue weighted by molar-refractivity contribution is 4.91. The Labute approximate surface area is 84.1 Å². The molecule has 2 rings (SSSR count). The number of hydrogen-bond donors (Lipinski definition) is 2. The molecule has 0 bridgehead atoms. The molecule has 0 aromatic carbocycles. The van der Waals surface area contributed by atoms with E-state index in [-0.39, 0.29) is 0 Å². The van der Waals surface area contributed by atoms with E-state index in [1.807, 2.05) is 13.1 Å². The Morgan fingerprint density at radius 1 is 1.64 bits per heavy atom. The maximum atomic E-state index is 5.48. The van der Waals surface area contributed by atoms with E-state index in [0.717, 1.165) is 31.8 Å². The van der Waals surface area contributed by atoms with Crippen LogP contribution in [0.2, 0.25) is 0 Å². The molecule has 0 saturated heterocycles. The molecule has 1 aliphatic rings. The first kappa shape index (κ1) is 9.68. The fourth-order valence-corrected chi connectivity index (χ4v) is 1.74. The SMILES string of the molecule is CCOC1CC(NCc2ncc[nH]2)C1. The zero-order valence-electron chi connectivity index (χ0n) is 8.49. The van der Waals surface area contributed by atoms with E-state index >= 15 is 0 Å². The van der Waals surface area contributed by atoms with E-state index in [2.05, 4.69) is 15.3 Å². The third-order valence-electron chi connectivity index (χ3n) is 2.61. The predicted octanol–water partition coefficient (Wildman–Crippen LogP) is 1.07. The minimum Gasteiger partial charge on any atom is -0.378 e. The molecular weight excluding hydrogens is 178 g/mol. The van der Waals surface area contributed by atoms with Crippen molar-refractivity contribution in [1.29, 1.82) is 0 Å². The minimum atomic E-state index is 0.481. The predicted molar refractivity (Wildman–Crippen MR) is 53.9 cm³/mol. The van der Waals surface area contributed by atoms with Crippen LogP contribution in [-0.2, 0) is 11.3 Å². The van der Waals surface area contributed by atoms with Gasteiger partial charge in [-0.1, -0.05) is 0 Å². The average molecular weight is 195 g/mol. The van der Waals surface area contributed by atoms with Gasteiger partial charge in [-0.2, -0.15) is 0 Å². The van der Waals surface area contributed by atoms with Gasteiger partial charge in [0.2, 0.25) is 0 Å². The summed E-state index contributed by atoms with van der Waals surface area (Å²) in [6.07, 6.45) is 6.37. The summed E-state index contributed by atoms with van der Waals surface area (Å²) >= 11 is 0. The zero-order valence-corrected chi connectivity index (χ0v) is 8.49. The summed E-state index contributed by atoms with van der Waals surface area (Å²) in [5.41, 5.74) is 0. The van der Waals surface area contributed by atoms with Crippen LogP contribution in [-0.4, -0.2) is 28.7 Å². The Kier molecular flexibility index (Phi) is 3.16. The Balaban J connectivity index is 1.61. The summed E-state index contributed by atoms with van der Waals surface area (Å²) in [5, 5.41) is 3.44. The van der Waals surface area contributed by atoms with Crippen molar-refractivity contribution in [3.63, 3.8) is 0 Å².